The molecule has 3 N–H and O–H groups in total. The third-order valence-electron chi connectivity index (χ3n) is 3.09. The maximum atomic E-state index is 12.1. The van der Waals surface area contributed by atoms with E-state index in [1.54, 1.807) is 30.3 Å². The Kier molecular flexibility index (Phi) is 5.20. The highest BCUT2D eigenvalue weighted by Crippen LogP contribution is 2.21. The number of carbonyl (C=O) groups excluding carboxylic acids is 2. The number of pyridine rings is 1. The number of benzene rings is 1. The first-order chi connectivity index (χ1) is 12.0. The quantitative estimate of drug-likeness (QED) is 0.594. The van der Waals surface area contributed by atoms with E-state index in [1.807, 2.05) is 0 Å². The summed E-state index contributed by atoms with van der Waals surface area (Å²) in [5.74, 6) is -0.174. The summed E-state index contributed by atoms with van der Waals surface area (Å²) in [7, 11) is 0. The highest BCUT2D eigenvalue weighted by Gasteiger charge is 2.09. The Hall–Kier alpha value is -2.58. The average Bonchev–Trinajstić information content (AvgIpc) is 2.94. The maximum absolute atomic E-state index is 12.1. The maximum Gasteiger partial charge on any atom is 0.234 e. The van der Waals surface area contributed by atoms with E-state index in [0.29, 0.717) is 27.2 Å². The van der Waals surface area contributed by atoms with Crippen LogP contribution in [-0.2, 0) is 9.59 Å². The molecule has 0 aliphatic rings. The number of aromatic amines is 1. The lowest BCUT2D eigenvalue weighted by atomic mass is 10.2. The summed E-state index contributed by atoms with van der Waals surface area (Å²) >= 11 is 7.15. The van der Waals surface area contributed by atoms with Gasteiger partial charge in [0.15, 0.2) is 10.8 Å². The summed E-state index contributed by atoms with van der Waals surface area (Å²) in [6.45, 7) is 1.43. The first-order valence-electron chi connectivity index (χ1n) is 7.31. The molecule has 0 saturated carbocycles. The van der Waals surface area contributed by atoms with E-state index < -0.39 is 0 Å². The van der Waals surface area contributed by atoms with E-state index in [4.69, 9.17) is 11.6 Å². The van der Waals surface area contributed by atoms with Crippen molar-refractivity contribution in [2.45, 2.75) is 12.1 Å². The van der Waals surface area contributed by atoms with Crippen LogP contribution in [0.25, 0.3) is 11.2 Å². The molecule has 1 aromatic carbocycles. The van der Waals surface area contributed by atoms with Crippen LogP contribution >= 0.6 is 23.4 Å². The van der Waals surface area contributed by atoms with Gasteiger partial charge in [0, 0.05) is 24.5 Å². The summed E-state index contributed by atoms with van der Waals surface area (Å²) in [5, 5.41) is 6.55. The molecule has 0 aliphatic carbocycles. The number of carbonyl (C=O) groups is 2. The van der Waals surface area contributed by atoms with Crippen LogP contribution < -0.4 is 10.6 Å². The van der Waals surface area contributed by atoms with Crippen LogP contribution in [0.5, 0.6) is 0 Å². The smallest absolute Gasteiger partial charge is 0.234 e. The summed E-state index contributed by atoms with van der Waals surface area (Å²) < 4.78 is 0. The second kappa shape index (κ2) is 7.54. The molecule has 25 heavy (non-hydrogen) atoms. The van der Waals surface area contributed by atoms with Crippen molar-refractivity contribution >= 4 is 57.7 Å². The van der Waals surface area contributed by atoms with Gasteiger partial charge >= 0.3 is 0 Å². The van der Waals surface area contributed by atoms with Crippen molar-refractivity contribution in [1.29, 1.82) is 0 Å². The number of amides is 2. The molecule has 3 aromatic rings. The van der Waals surface area contributed by atoms with Crippen LogP contribution in [0.1, 0.15) is 6.92 Å². The SMILES string of the molecule is CC(=O)Nc1cccc(NC(=O)CSc2nc3ncc(Cl)cc3[nH]2)c1. The topological polar surface area (TPSA) is 99.8 Å². The molecule has 2 amide bonds. The minimum Gasteiger partial charge on any atom is -0.331 e. The van der Waals surface area contributed by atoms with Crippen molar-refractivity contribution in [3.63, 3.8) is 0 Å². The molecule has 0 spiro atoms. The number of fused-ring (bicyclic) bond motifs is 1. The largest absolute Gasteiger partial charge is 0.331 e. The van der Waals surface area contributed by atoms with E-state index in [0.717, 1.165) is 5.52 Å². The molecule has 0 saturated heterocycles. The Labute approximate surface area is 152 Å². The molecule has 9 heteroatoms. The average molecular weight is 376 g/mol. The highest BCUT2D eigenvalue weighted by atomic mass is 35.5. The molecule has 0 atom stereocenters. The molecular weight excluding hydrogens is 362 g/mol. The lowest BCUT2D eigenvalue weighted by Gasteiger charge is -2.07. The van der Waals surface area contributed by atoms with Gasteiger partial charge in [0.05, 0.1) is 16.3 Å². The van der Waals surface area contributed by atoms with Gasteiger partial charge < -0.3 is 15.6 Å². The van der Waals surface area contributed by atoms with Crippen LogP contribution in [0.15, 0.2) is 41.7 Å². The lowest BCUT2D eigenvalue weighted by Crippen LogP contribution is -2.14. The summed E-state index contributed by atoms with van der Waals surface area (Å²) in [5.41, 5.74) is 2.50. The summed E-state index contributed by atoms with van der Waals surface area (Å²) in [4.78, 5) is 34.6. The fourth-order valence-corrected chi connectivity index (χ4v) is 2.96. The third kappa shape index (κ3) is 4.71. The molecule has 0 fully saturated rings. The molecule has 0 aliphatic heterocycles. The zero-order valence-electron chi connectivity index (χ0n) is 13.2. The van der Waals surface area contributed by atoms with Crippen LogP contribution in [0.4, 0.5) is 11.4 Å². The molecular formula is C16H14ClN5O2S. The minimum atomic E-state index is -0.184. The first-order valence-corrected chi connectivity index (χ1v) is 8.67. The number of hydrogen-bond donors (Lipinski definition) is 3. The molecule has 128 valence electrons. The first kappa shape index (κ1) is 17.2. The number of halogens is 1. The number of imidazole rings is 1. The van der Waals surface area contributed by atoms with E-state index in [1.165, 1.54) is 24.9 Å². The fourth-order valence-electron chi connectivity index (χ4n) is 2.13. The van der Waals surface area contributed by atoms with Gasteiger partial charge in [-0.05, 0) is 24.3 Å². The predicted molar refractivity (Wildman–Crippen MR) is 99.0 cm³/mol. The van der Waals surface area contributed by atoms with Crippen LogP contribution in [0.2, 0.25) is 5.02 Å². The van der Waals surface area contributed by atoms with Gasteiger partial charge in [0.2, 0.25) is 11.8 Å². The standard InChI is InChI=1S/C16H14ClN5O2S/c1-9(23)19-11-3-2-4-12(6-11)20-14(24)8-25-16-21-13-5-10(17)7-18-15(13)22-16/h2-7H,8H2,1H3,(H,19,23)(H,20,24)(H,18,21,22). The number of H-pyrrole nitrogens is 1. The van der Waals surface area contributed by atoms with Gasteiger partial charge in [-0.3, -0.25) is 9.59 Å². The number of anilines is 2. The van der Waals surface area contributed by atoms with Gasteiger partial charge in [0.25, 0.3) is 0 Å². The van der Waals surface area contributed by atoms with Crippen LogP contribution in [-0.4, -0.2) is 32.5 Å². The fraction of sp³-hybridized carbons (Fsp3) is 0.125. The molecule has 0 radical (unpaired) electrons. The summed E-state index contributed by atoms with van der Waals surface area (Å²) in [6, 6.07) is 8.67. The summed E-state index contributed by atoms with van der Waals surface area (Å²) in [6.07, 6.45) is 1.52. The van der Waals surface area contributed by atoms with Gasteiger partial charge in [0.1, 0.15) is 0 Å². The zero-order chi connectivity index (χ0) is 17.8. The minimum absolute atomic E-state index is 0.169. The van der Waals surface area contributed by atoms with E-state index in [-0.39, 0.29) is 17.6 Å². The molecule has 0 unspecified atom stereocenters. The Morgan fingerprint density at radius 3 is 2.76 bits per heavy atom. The van der Waals surface area contributed by atoms with Crippen molar-refractivity contribution < 1.29 is 9.59 Å². The van der Waals surface area contributed by atoms with Crippen molar-refractivity contribution in [3.8, 4) is 0 Å². The number of nitrogens with zero attached hydrogens (tertiary/aromatic N) is 2. The van der Waals surface area contributed by atoms with Crippen molar-refractivity contribution in [1.82, 2.24) is 15.0 Å². The molecule has 0 bridgehead atoms. The third-order valence-corrected chi connectivity index (χ3v) is 4.17. The van der Waals surface area contributed by atoms with E-state index in [9.17, 15) is 9.59 Å². The van der Waals surface area contributed by atoms with Crippen molar-refractivity contribution in [2.24, 2.45) is 0 Å². The van der Waals surface area contributed by atoms with Gasteiger partial charge in [-0.15, -0.1) is 0 Å². The lowest BCUT2D eigenvalue weighted by molar-refractivity contribution is -0.114. The second-order valence-corrected chi connectivity index (χ2v) is 6.57. The Morgan fingerprint density at radius 1 is 1.24 bits per heavy atom. The zero-order valence-corrected chi connectivity index (χ0v) is 14.7. The number of nitrogens with one attached hydrogen (secondary N) is 3. The van der Waals surface area contributed by atoms with Crippen molar-refractivity contribution in [3.05, 3.63) is 41.6 Å². The van der Waals surface area contributed by atoms with Gasteiger partial charge in [-0.25, -0.2) is 9.97 Å². The van der Waals surface area contributed by atoms with Crippen molar-refractivity contribution in [2.75, 3.05) is 16.4 Å². The molecule has 7 nitrogen and oxygen atoms in total. The monoisotopic (exact) mass is 375 g/mol. The van der Waals surface area contributed by atoms with E-state index in [2.05, 4.69) is 25.6 Å². The molecule has 2 aromatic heterocycles. The Bertz CT molecular complexity index is 943. The predicted octanol–water partition coefficient (Wildman–Crippen LogP) is 3.30. The number of rotatable bonds is 5. The second-order valence-electron chi connectivity index (χ2n) is 5.17. The molecule has 3 rings (SSSR count). The van der Waals surface area contributed by atoms with Crippen LogP contribution in [0, 0.1) is 0 Å². The number of thioether (sulfide) groups is 1. The Morgan fingerprint density at radius 2 is 2.00 bits per heavy atom. The molecule has 2 heterocycles. The van der Waals surface area contributed by atoms with E-state index >= 15 is 0 Å². The Balaban J connectivity index is 1.59. The number of hydrogen-bond acceptors (Lipinski definition) is 5. The normalized spacial score (nSPS) is 10.6. The van der Waals surface area contributed by atoms with Crippen LogP contribution in [0.3, 0.4) is 0 Å². The van der Waals surface area contributed by atoms with Gasteiger partial charge in [-0.2, -0.15) is 0 Å². The highest BCUT2D eigenvalue weighted by molar-refractivity contribution is 7.99. The number of aromatic nitrogens is 3. The van der Waals surface area contributed by atoms with Gasteiger partial charge in [-0.1, -0.05) is 29.4 Å².